The van der Waals surface area contributed by atoms with Gasteiger partial charge < -0.3 is 16.2 Å². The second-order valence-electron chi connectivity index (χ2n) is 4.67. The van der Waals surface area contributed by atoms with Gasteiger partial charge in [0.1, 0.15) is 5.69 Å². The summed E-state index contributed by atoms with van der Waals surface area (Å²) in [7, 11) is 0. The molecule has 4 N–H and O–H groups in total. The summed E-state index contributed by atoms with van der Waals surface area (Å²) in [5, 5.41) is 11.4. The van der Waals surface area contributed by atoms with Crippen molar-refractivity contribution in [3.63, 3.8) is 0 Å². The van der Waals surface area contributed by atoms with Crippen LogP contribution in [0.15, 0.2) is 18.3 Å². The Labute approximate surface area is 109 Å². The number of amides is 2. The summed E-state index contributed by atoms with van der Waals surface area (Å²) in [6.07, 6.45) is 1.19. The zero-order valence-corrected chi connectivity index (χ0v) is 10.6. The highest BCUT2D eigenvalue weighted by Gasteiger charge is 2.27. The Morgan fingerprint density at radius 1 is 1.37 bits per heavy atom. The molecule has 1 aromatic heterocycles. The van der Waals surface area contributed by atoms with Crippen LogP contribution < -0.4 is 11.1 Å². The molecule has 102 valence electrons. The average Bonchev–Trinajstić information content (AvgIpc) is 2.36. The molecule has 7 nitrogen and oxygen atoms in total. The van der Waals surface area contributed by atoms with Gasteiger partial charge in [0, 0.05) is 12.7 Å². The summed E-state index contributed by atoms with van der Waals surface area (Å²) in [5.74, 6) is -2.15. The molecule has 0 aromatic carbocycles. The standard InChI is InChI=1S/C12H15N3O4/c1-12(2,11(18)19)6-15-10(17)8-4-3-7(5-14-8)9(13)16/h3-5H,6H2,1-2H3,(H2,13,16)(H,15,17)(H,18,19). The molecular formula is C12H15N3O4. The summed E-state index contributed by atoms with van der Waals surface area (Å²) in [4.78, 5) is 37.2. The van der Waals surface area contributed by atoms with E-state index in [1.165, 1.54) is 32.2 Å². The molecule has 2 amide bonds. The molecule has 0 aliphatic heterocycles. The van der Waals surface area contributed by atoms with E-state index in [4.69, 9.17) is 10.8 Å². The van der Waals surface area contributed by atoms with Gasteiger partial charge in [0.25, 0.3) is 5.91 Å². The van der Waals surface area contributed by atoms with Crippen LogP contribution in [0.25, 0.3) is 0 Å². The highest BCUT2D eigenvalue weighted by atomic mass is 16.4. The zero-order chi connectivity index (χ0) is 14.6. The fourth-order valence-electron chi connectivity index (χ4n) is 1.14. The highest BCUT2D eigenvalue weighted by Crippen LogP contribution is 2.13. The molecule has 0 bridgehead atoms. The number of aromatic nitrogens is 1. The molecule has 19 heavy (non-hydrogen) atoms. The minimum atomic E-state index is -1.07. The molecule has 0 fully saturated rings. The SMILES string of the molecule is CC(C)(CNC(=O)c1ccc(C(N)=O)cn1)C(=O)O. The van der Waals surface area contributed by atoms with Gasteiger partial charge in [-0.3, -0.25) is 19.4 Å². The van der Waals surface area contributed by atoms with Gasteiger partial charge in [-0.25, -0.2) is 0 Å². The Balaban J connectivity index is 2.69. The molecular weight excluding hydrogens is 250 g/mol. The number of primary amides is 1. The highest BCUT2D eigenvalue weighted by molar-refractivity contribution is 5.95. The maximum absolute atomic E-state index is 11.7. The predicted molar refractivity (Wildman–Crippen MR) is 66.5 cm³/mol. The van der Waals surface area contributed by atoms with Gasteiger partial charge in [-0.05, 0) is 26.0 Å². The minimum Gasteiger partial charge on any atom is -0.481 e. The van der Waals surface area contributed by atoms with E-state index >= 15 is 0 Å². The predicted octanol–water partition coefficient (Wildman–Crippen LogP) is 0.0211. The molecule has 0 saturated heterocycles. The number of rotatable bonds is 5. The zero-order valence-electron chi connectivity index (χ0n) is 10.6. The normalized spacial score (nSPS) is 10.8. The van der Waals surface area contributed by atoms with Gasteiger partial charge in [-0.15, -0.1) is 0 Å². The summed E-state index contributed by atoms with van der Waals surface area (Å²) in [5.41, 5.74) is 4.26. The monoisotopic (exact) mass is 265 g/mol. The van der Waals surface area contributed by atoms with E-state index in [9.17, 15) is 14.4 Å². The van der Waals surface area contributed by atoms with Crippen LogP contribution in [0.3, 0.4) is 0 Å². The summed E-state index contributed by atoms with van der Waals surface area (Å²) < 4.78 is 0. The largest absolute Gasteiger partial charge is 0.481 e. The van der Waals surface area contributed by atoms with Crippen molar-refractivity contribution in [3.05, 3.63) is 29.6 Å². The maximum Gasteiger partial charge on any atom is 0.310 e. The van der Waals surface area contributed by atoms with Crippen molar-refractivity contribution < 1.29 is 19.5 Å². The quantitative estimate of drug-likeness (QED) is 0.692. The van der Waals surface area contributed by atoms with Crippen molar-refractivity contribution in [2.45, 2.75) is 13.8 Å². The number of nitrogens with two attached hydrogens (primary N) is 1. The Morgan fingerprint density at radius 2 is 2.00 bits per heavy atom. The Hall–Kier alpha value is -2.44. The lowest BCUT2D eigenvalue weighted by Crippen LogP contribution is -2.39. The van der Waals surface area contributed by atoms with E-state index in [2.05, 4.69) is 10.3 Å². The number of carboxylic acid groups (broad SMARTS) is 1. The summed E-state index contributed by atoms with van der Waals surface area (Å²) in [6, 6.07) is 2.73. The Morgan fingerprint density at radius 3 is 2.42 bits per heavy atom. The topological polar surface area (TPSA) is 122 Å². The lowest BCUT2D eigenvalue weighted by molar-refractivity contribution is -0.146. The first kappa shape index (κ1) is 14.6. The first-order valence-corrected chi connectivity index (χ1v) is 5.51. The average molecular weight is 265 g/mol. The Bertz CT molecular complexity index is 508. The molecule has 7 heteroatoms. The van der Waals surface area contributed by atoms with E-state index in [1.54, 1.807) is 0 Å². The van der Waals surface area contributed by atoms with Crippen molar-refractivity contribution in [1.82, 2.24) is 10.3 Å². The number of pyridine rings is 1. The molecule has 0 aliphatic rings. The third kappa shape index (κ3) is 3.77. The van der Waals surface area contributed by atoms with Crippen LogP contribution in [0.5, 0.6) is 0 Å². The van der Waals surface area contributed by atoms with Crippen LogP contribution in [-0.4, -0.2) is 34.4 Å². The number of nitrogens with one attached hydrogen (secondary N) is 1. The van der Waals surface area contributed by atoms with Gasteiger partial charge in [0.2, 0.25) is 5.91 Å². The first-order chi connectivity index (χ1) is 8.74. The van der Waals surface area contributed by atoms with Crippen molar-refractivity contribution >= 4 is 17.8 Å². The molecule has 0 radical (unpaired) electrons. The smallest absolute Gasteiger partial charge is 0.310 e. The van der Waals surface area contributed by atoms with E-state index in [0.717, 1.165) is 0 Å². The molecule has 0 saturated carbocycles. The lowest BCUT2D eigenvalue weighted by atomic mass is 9.94. The van der Waals surface area contributed by atoms with E-state index in [1.807, 2.05) is 0 Å². The maximum atomic E-state index is 11.7. The number of carbonyl (C=O) groups is 3. The number of carbonyl (C=O) groups excluding carboxylic acids is 2. The second kappa shape index (κ2) is 5.47. The van der Waals surface area contributed by atoms with E-state index in [0.29, 0.717) is 0 Å². The second-order valence-corrected chi connectivity index (χ2v) is 4.67. The van der Waals surface area contributed by atoms with E-state index in [-0.39, 0.29) is 17.8 Å². The minimum absolute atomic E-state index is 0.0274. The van der Waals surface area contributed by atoms with Gasteiger partial charge in [-0.2, -0.15) is 0 Å². The third-order valence-electron chi connectivity index (χ3n) is 2.55. The summed E-state index contributed by atoms with van der Waals surface area (Å²) in [6.45, 7) is 2.97. The third-order valence-corrected chi connectivity index (χ3v) is 2.55. The van der Waals surface area contributed by atoms with Crippen molar-refractivity contribution in [1.29, 1.82) is 0 Å². The van der Waals surface area contributed by atoms with Gasteiger partial charge in [0.05, 0.1) is 11.0 Å². The first-order valence-electron chi connectivity index (χ1n) is 5.51. The fraction of sp³-hybridized carbons (Fsp3) is 0.333. The Kier molecular flexibility index (Phi) is 4.21. The van der Waals surface area contributed by atoms with Crippen LogP contribution in [0.1, 0.15) is 34.7 Å². The lowest BCUT2D eigenvalue weighted by Gasteiger charge is -2.19. The number of aliphatic carboxylic acids is 1. The molecule has 0 spiro atoms. The van der Waals surface area contributed by atoms with Crippen LogP contribution in [0.2, 0.25) is 0 Å². The number of hydrogen-bond donors (Lipinski definition) is 3. The molecule has 1 aromatic rings. The van der Waals surface area contributed by atoms with Gasteiger partial charge >= 0.3 is 5.97 Å². The van der Waals surface area contributed by atoms with Gasteiger partial charge in [-0.1, -0.05) is 0 Å². The molecule has 0 unspecified atom stereocenters. The number of carboxylic acids is 1. The van der Waals surface area contributed by atoms with Crippen LogP contribution >= 0.6 is 0 Å². The molecule has 1 heterocycles. The van der Waals surface area contributed by atoms with E-state index < -0.39 is 23.2 Å². The number of hydrogen-bond acceptors (Lipinski definition) is 4. The van der Waals surface area contributed by atoms with Crippen LogP contribution in [-0.2, 0) is 4.79 Å². The fourth-order valence-corrected chi connectivity index (χ4v) is 1.14. The van der Waals surface area contributed by atoms with Crippen molar-refractivity contribution in [2.24, 2.45) is 11.1 Å². The molecule has 1 rings (SSSR count). The van der Waals surface area contributed by atoms with Gasteiger partial charge in [0.15, 0.2) is 0 Å². The summed E-state index contributed by atoms with van der Waals surface area (Å²) >= 11 is 0. The van der Waals surface area contributed by atoms with Crippen LogP contribution in [0, 0.1) is 5.41 Å². The van der Waals surface area contributed by atoms with Crippen molar-refractivity contribution in [3.8, 4) is 0 Å². The molecule has 0 atom stereocenters. The van der Waals surface area contributed by atoms with Crippen LogP contribution in [0.4, 0.5) is 0 Å². The number of nitrogens with zero attached hydrogens (tertiary/aromatic N) is 1. The molecule has 0 aliphatic carbocycles. The van der Waals surface area contributed by atoms with Crippen molar-refractivity contribution in [2.75, 3.05) is 6.54 Å².